The zero-order chi connectivity index (χ0) is 29.6. The Morgan fingerprint density at radius 1 is 1.00 bits per heavy atom. The van der Waals surface area contributed by atoms with Crippen LogP contribution in [0.1, 0.15) is 18.8 Å². The molecule has 3 N–H and O–H groups in total. The summed E-state index contributed by atoms with van der Waals surface area (Å²) in [6.45, 7) is 1.87. The Morgan fingerprint density at radius 2 is 1.74 bits per heavy atom. The smallest absolute Gasteiger partial charge is 0.266 e. The molecule has 0 saturated heterocycles. The molecule has 6 rings (SSSR count). The van der Waals surface area contributed by atoms with Crippen molar-refractivity contribution < 1.29 is 13.2 Å². The van der Waals surface area contributed by atoms with Crippen molar-refractivity contribution in [2.24, 2.45) is 0 Å². The first-order valence-electron chi connectivity index (χ1n) is 12.9. The lowest BCUT2D eigenvalue weighted by atomic mass is 10.1. The molecule has 3 aromatic carbocycles. The van der Waals surface area contributed by atoms with E-state index in [0.29, 0.717) is 50.5 Å². The second-order valence-electron chi connectivity index (χ2n) is 9.68. The van der Waals surface area contributed by atoms with E-state index in [2.05, 4.69) is 14.7 Å². The zero-order valence-electron chi connectivity index (χ0n) is 22.9. The summed E-state index contributed by atoms with van der Waals surface area (Å²) in [5.41, 5.74) is 8.96. The van der Waals surface area contributed by atoms with E-state index in [9.17, 15) is 13.2 Å². The number of ether oxygens (including phenoxy) is 1. The van der Waals surface area contributed by atoms with Crippen LogP contribution in [-0.2, 0) is 10.0 Å². The number of hydrogen-bond acceptors (Lipinski definition) is 9. The van der Waals surface area contributed by atoms with E-state index in [0.717, 1.165) is 6.26 Å². The van der Waals surface area contributed by atoms with Crippen molar-refractivity contribution in [1.82, 2.24) is 29.3 Å². The van der Waals surface area contributed by atoms with Gasteiger partial charge in [-0.3, -0.25) is 14.1 Å². The molecular weight excluding hydrogens is 556 g/mol. The summed E-state index contributed by atoms with van der Waals surface area (Å²) in [4.78, 5) is 27.4. The fourth-order valence-corrected chi connectivity index (χ4v) is 5.53. The molecule has 13 heteroatoms. The SMILES string of the molecule is COc1ccc(-c2nn(C(C)c3nc4ccccc4c(=O)n3-c3ccccc3)c3ncnc(N)c23)cc1NS(C)(=O)=O. The van der Waals surface area contributed by atoms with Gasteiger partial charge in [-0.1, -0.05) is 30.3 Å². The van der Waals surface area contributed by atoms with Gasteiger partial charge in [-0.15, -0.1) is 0 Å². The number of hydrogen-bond donors (Lipinski definition) is 2. The van der Waals surface area contributed by atoms with Gasteiger partial charge in [-0.25, -0.2) is 28.1 Å². The lowest BCUT2D eigenvalue weighted by molar-refractivity contribution is 0.417. The van der Waals surface area contributed by atoms with Crippen LogP contribution in [-0.4, -0.2) is 51.1 Å². The van der Waals surface area contributed by atoms with E-state index < -0.39 is 16.1 Å². The van der Waals surface area contributed by atoms with Gasteiger partial charge in [-0.2, -0.15) is 5.10 Å². The number of fused-ring (bicyclic) bond motifs is 2. The maximum absolute atomic E-state index is 13.8. The second kappa shape index (κ2) is 10.3. The number of nitrogen functional groups attached to an aromatic ring is 1. The maximum Gasteiger partial charge on any atom is 0.266 e. The predicted molar refractivity (Wildman–Crippen MR) is 161 cm³/mol. The third kappa shape index (κ3) is 4.69. The van der Waals surface area contributed by atoms with Crippen LogP contribution in [0.15, 0.2) is 83.9 Å². The van der Waals surface area contributed by atoms with Gasteiger partial charge in [0.15, 0.2) is 5.65 Å². The van der Waals surface area contributed by atoms with E-state index in [1.807, 2.05) is 43.3 Å². The molecule has 0 fully saturated rings. The molecule has 0 aliphatic rings. The highest BCUT2D eigenvalue weighted by Crippen LogP contribution is 2.37. The van der Waals surface area contributed by atoms with Gasteiger partial charge in [0, 0.05) is 5.56 Å². The van der Waals surface area contributed by atoms with Crippen molar-refractivity contribution in [3.05, 3.63) is 95.3 Å². The Hall–Kier alpha value is -5.30. The number of aromatic nitrogens is 6. The van der Waals surface area contributed by atoms with Crippen molar-refractivity contribution in [3.63, 3.8) is 0 Å². The number of nitrogens with two attached hydrogens (primary N) is 1. The van der Waals surface area contributed by atoms with Crippen LogP contribution < -0.4 is 20.8 Å². The minimum absolute atomic E-state index is 0.189. The molecule has 3 heterocycles. The summed E-state index contributed by atoms with van der Waals surface area (Å²) in [6.07, 6.45) is 2.40. The fraction of sp³-hybridized carbons (Fsp3) is 0.138. The third-order valence-corrected chi connectivity index (χ3v) is 7.43. The molecule has 0 bridgehead atoms. The zero-order valence-corrected chi connectivity index (χ0v) is 23.7. The predicted octanol–water partition coefficient (Wildman–Crippen LogP) is 3.76. The molecule has 0 aliphatic carbocycles. The van der Waals surface area contributed by atoms with Gasteiger partial charge < -0.3 is 10.5 Å². The standard InChI is InChI=1S/C29H26N8O4S/c1-17(27-33-21-12-8-7-11-20(21)29(38)36(27)19-9-5-4-6-10-19)37-28-24(26(30)31-16-32-28)25(34-37)18-13-14-23(41-2)22(15-18)35-42(3,39)40/h4-17,35H,1-3H3,(H2,30,31,32). The Balaban J connectivity index is 1.60. The van der Waals surface area contributed by atoms with Crippen molar-refractivity contribution in [1.29, 1.82) is 0 Å². The summed E-state index contributed by atoms with van der Waals surface area (Å²) < 4.78 is 35.1. The number of rotatable bonds is 7. The molecule has 6 aromatic rings. The minimum Gasteiger partial charge on any atom is -0.495 e. The molecule has 3 aromatic heterocycles. The maximum atomic E-state index is 13.8. The molecule has 0 radical (unpaired) electrons. The van der Waals surface area contributed by atoms with E-state index in [1.165, 1.54) is 13.4 Å². The molecule has 0 amide bonds. The third-order valence-electron chi connectivity index (χ3n) is 6.84. The van der Waals surface area contributed by atoms with Gasteiger partial charge >= 0.3 is 0 Å². The summed E-state index contributed by atoms with van der Waals surface area (Å²) in [5, 5.41) is 5.85. The van der Waals surface area contributed by atoms with Crippen LogP contribution >= 0.6 is 0 Å². The number of nitrogens with one attached hydrogen (secondary N) is 1. The van der Waals surface area contributed by atoms with Gasteiger partial charge in [0.2, 0.25) is 10.0 Å². The molecular formula is C29H26N8O4S. The molecule has 212 valence electrons. The van der Waals surface area contributed by atoms with E-state index >= 15 is 0 Å². The van der Waals surface area contributed by atoms with Gasteiger partial charge in [0.1, 0.15) is 35.5 Å². The lowest BCUT2D eigenvalue weighted by Crippen LogP contribution is -2.27. The van der Waals surface area contributed by atoms with Gasteiger partial charge in [0.25, 0.3) is 5.56 Å². The van der Waals surface area contributed by atoms with E-state index in [1.54, 1.807) is 45.6 Å². The molecule has 42 heavy (non-hydrogen) atoms. The van der Waals surface area contributed by atoms with Gasteiger partial charge in [-0.05, 0) is 49.4 Å². The van der Waals surface area contributed by atoms with Crippen molar-refractivity contribution in [2.75, 3.05) is 23.8 Å². The Morgan fingerprint density at radius 3 is 2.48 bits per heavy atom. The molecule has 1 atom stereocenters. The van der Waals surface area contributed by atoms with Crippen LogP contribution in [0.25, 0.3) is 38.9 Å². The minimum atomic E-state index is -3.60. The number of sulfonamides is 1. The summed E-state index contributed by atoms with van der Waals surface area (Å²) in [7, 11) is -2.16. The molecule has 0 saturated carbocycles. The number of para-hydroxylation sites is 2. The van der Waals surface area contributed by atoms with Crippen molar-refractivity contribution >= 4 is 43.5 Å². The summed E-state index contributed by atoms with van der Waals surface area (Å²) in [5.74, 6) is 0.957. The fourth-order valence-electron chi connectivity index (χ4n) is 4.97. The van der Waals surface area contributed by atoms with Gasteiger partial charge in [0.05, 0.1) is 41.0 Å². The Bertz CT molecular complexity index is 2140. The highest BCUT2D eigenvalue weighted by Gasteiger charge is 2.26. The van der Waals surface area contributed by atoms with E-state index in [-0.39, 0.29) is 17.1 Å². The Labute approximate surface area is 240 Å². The number of anilines is 2. The molecule has 0 spiro atoms. The first-order valence-corrected chi connectivity index (χ1v) is 14.8. The first-order chi connectivity index (χ1) is 20.2. The normalized spacial score (nSPS) is 12.5. The first kappa shape index (κ1) is 26.9. The van der Waals surface area contributed by atoms with Crippen LogP contribution in [0.4, 0.5) is 11.5 Å². The van der Waals surface area contributed by atoms with Crippen LogP contribution in [0.5, 0.6) is 5.75 Å². The highest BCUT2D eigenvalue weighted by atomic mass is 32.2. The quantitative estimate of drug-likeness (QED) is 0.286. The van der Waals surface area contributed by atoms with Crippen LogP contribution in [0, 0.1) is 0 Å². The summed E-state index contributed by atoms with van der Waals surface area (Å²) in [6, 6.07) is 20.8. The molecule has 12 nitrogen and oxygen atoms in total. The topological polar surface area (TPSA) is 160 Å². The molecule has 0 aliphatic heterocycles. The average molecular weight is 583 g/mol. The number of methoxy groups -OCH3 is 1. The monoisotopic (exact) mass is 582 g/mol. The largest absolute Gasteiger partial charge is 0.495 e. The van der Waals surface area contributed by atoms with Crippen LogP contribution in [0.3, 0.4) is 0 Å². The Kier molecular flexibility index (Phi) is 6.58. The number of benzene rings is 3. The second-order valence-corrected chi connectivity index (χ2v) is 11.4. The lowest BCUT2D eigenvalue weighted by Gasteiger charge is -2.19. The van der Waals surface area contributed by atoms with Crippen LogP contribution in [0.2, 0.25) is 0 Å². The summed E-state index contributed by atoms with van der Waals surface area (Å²) >= 11 is 0. The van der Waals surface area contributed by atoms with Crippen molar-refractivity contribution in [3.8, 4) is 22.7 Å². The average Bonchev–Trinajstić information content (AvgIpc) is 3.37. The molecule has 1 unspecified atom stereocenters. The van der Waals surface area contributed by atoms with Crippen molar-refractivity contribution in [2.45, 2.75) is 13.0 Å². The number of nitrogens with zero attached hydrogens (tertiary/aromatic N) is 6. The van der Waals surface area contributed by atoms with E-state index in [4.69, 9.17) is 20.6 Å². The highest BCUT2D eigenvalue weighted by molar-refractivity contribution is 7.92.